The number of benzene rings is 1. The van der Waals surface area contributed by atoms with E-state index < -0.39 is 0 Å². The molecule has 0 spiro atoms. The second-order valence-corrected chi connectivity index (χ2v) is 4.03. The standard InChI is InChI=1S/C13H17N3/c1-3-10-4-6-11(7-5-10)8-12-9-13(14)16(2)15-12/h4-7,9H,3,8,14H2,1-2H3. The summed E-state index contributed by atoms with van der Waals surface area (Å²) in [5, 5.41) is 4.34. The molecule has 3 nitrogen and oxygen atoms in total. The van der Waals surface area contributed by atoms with Gasteiger partial charge in [0.15, 0.2) is 0 Å². The lowest BCUT2D eigenvalue weighted by molar-refractivity contribution is 0.759. The van der Waals surface area contributed by atoms with Crippen molar-refractivity contribution < 1.29 is 0 Å². The Balaban J connectivity index is 2.14. The molecule has 1 heterocycles. The number of aromatic nitrogens is 2. The highest BCUT2D eigenvalue weighted by atomic mass is 15.3. The van der Waals surface area contributed by atoms with Crippen molar-refractivity contribution in [1.29, 1.82) is 0 Å². The SMILES string of the molecule is CCc1ccc(Cc2cc(N)n(C)n2)cc1. The van der Waals surface area contributed by atoms with Gasteiger partial charge < -0.3 is 5.73 Å². The van der Waals surface area contributed by atoms with Gasteiger partial charge in [-0.3, -0.25) is 4.68 Å². The van der Waals surface area contributed by atoms with Gasteiger partial charge in [0.05, 0.1) is 5.69 Å². The van der Waals surface area contributed by atoms with Crippen LogP contribution in [0.25, 0.3) is 0 Å². The van der Waals surface area contributed by atoms with Crippen molar-refractivity contribution in [3.8, 4) is 0 Å². The van der Waals surface area contributed by atoms with Gasteiger partial charge in [0.25, 0.3) is 0 Å². The molecule has 0 atom stereocenters. The predicted molar refractivity (Wildman–Crippen MR) is 66.2 cm³/mol. The minimum absolute atomic E-state index is 0.708. The molecular formula is C13H17N3. The zero-order valence-electron chi connectivity index (χ0n) is 9.77. The van der Waals surface area contributed by atoms with E-state index in [2.05, 4.69) is 36.3 Å². The first-order chi connectivity index (χ1) is 7.69. The Bertz CT molecular complexity index is 449. The number of nitrogens with two attached hydrogens (primary N) is 1. The maximum Gasteiger partial charge on any atom is 0.121 e. The van der Waals surface area contributed by atoms with Crippen molar-refractivity contribution in [2.45, 2.75) is 19.8 Å². The molecule has 0 aliphatic rings. The highest BCUT2D eigenvalue weighted by molar-refractivity contribution is 5.33. The molecule has 3 heteroatoms. The lowest BCUT2D eigenvalue weighted by atomic mass is 10.1. The number of aryl methyl sites for hydroxylation is 2. The summed E-state index contributed by atoms with van der Waals surface area (Å²) in [5.74, 6) is 0.708. The van der Waals surface area contributed by atoms with Crippen LogP contribution in [-0.4, -0.2) is 9.78 Å². The first kappa shape index (κ1) is 10.7. The van der Waals surface area contributed by atoms with Crippen molar-refractivity contribution in [3.63, 3.8) is 0 Å². The van der Waals surface area contributed by atoms with Crippen LogP contribution in [0, 0.1) is 0 Å². The zero-order valence-corrected chi connectivity index (χ0v) is 9.77. The average Bonchev–Trinajstić information content (AvgIpc) is 2.59. The summed E-state index contributed by atoms with van der Waals surface area (Å²) < 4.78 is 1.70. The number of anilines is 1. The molecule has 0 saturated carbocycles. The van der Waals surface area contributed by atoms with Gasteiger partial charge in [-0.1, -0.05) is 31.2 Å². The molecule has 2 rings (SSSR count). The van der Waals surface area contributed by atoms with Crippen LogP contribution in [0.3, 0.4) is 0 Å². The third-order valence-corrected chi connectivity index (χ3v) is 2.78. The molecule has 1 aromatic heterocycles. The highest BCUT2D eigenvalue weighted by Gasteiger charge is 2.02. The molecule has 84 valence electrons. The molecule has 0 aliphatic carbocycles. The Labute approximate surface area is 95.9 Å². The van der Waals surface area contributed by atoms with E-state index in [1.807, 2.05) is 13.1 Å². The molecular weight excluding hydrogens is 198 g/mol. The second-order valence-electron chi connectivity index (χ2n) is 4.03. The van der Waals surface area contributed by atoms with Gasteiger partial charge >= 0.3 is 0 Å². The van der Waals surface area contributed by atoms with Gasteiger partial charge in [-0.2, -0.15) is 5.10 Å². The van der Waals surface area contributed by atoms with Crippen LogP contribution in [0.1, 0.15) is 23.7 Å². The van der Waals surface area contributed by atoms with Crippen molar-refractivity contribution in [2.75, 3.05) is 5.73 Å². The van der Waals surface area contributed by atoms with E-state index >= 15 is 0 Å². The van der Waals surface area contributed by atoms with Crippen molar-refractivity contribution in [2.24, 2.45) is 7.05 Å². The molecule has 0 radical (unpaired) electrons. The predicted octanol–water partition coefficient (Wildman–Crippen LogP) is 2.16. The number of hydrogen-bond donors (Lipinski definition) is 1. The summed E-state index contributed by atoms with van der Waals surface area (Å²) in [4.78, 5) is 0. The molecule has 0 bridgehead atoms. The second kappa shape index (κ2) is 4.39. The van der Waals surface area contributed by atoms with Gasteiger partial charge in [0.1, 0.15) is 5.82 Å². The Morgan fingerprint density at radius 3 is 2.31 bits per heavy atom. The Morgan fingerprint density at radius 1 is 1.19 bits per heavy atom. The lowest BCUT2D eigenvalue weighted by Crippen LogP contribution is -1.97. The van der Waals surface area contributed by atoms with E-state index in [9.17, 15) is 0 Å². The molecule has 0 saturated heterocycles. The summed E-state index contributed by atoms with van der Waals surface area (Å²) in [6.45, 7) is 2.16. The summed E-state index contributed by atoms with van der Waals surface area (Å²) in [5.41, 5.74) is 9.40. The van der Waals surface area contributed by atoms with Crippen LogP contribution in [0.2, 0.25) is 0 Å². The van der Waals surface area contributed by atoms with E-state index in [0.29, 0.717) is 5.82 Å². The summed E-state index contributed by atoms with van der Waals surface area (Å²) in [6, 6.07) is 10.6. The number of nitrogens with zero attached hydrogens (tertiary/aromatic N) is 2. The van der Waals surface area contributed by atoms with Crippen LogP contribution in [0.5, 0.6) is 0 Å². The molecule has 2 N–H and O–H groups in total. The van der Waals surface area contributed by atoms with E-state index in [-0.39, 0.29) is 0 Å². The van der Waals surface area contributed by atoms with Crippen molar-refractivity contribution in [1.82, 2.24) is 9.78 Å². The molecule has 2 aromatic rings. The van der Waals surface area contributed by atoms with Crippen molar-refractivity contribution in [3.05, 3.63) is 47.2 Å². The zero-order chi connectivity index (χ0) is 11.5. The summed E-state index contributed by atoms with van der Waals surface area (Å²) in [7, 11) is 1.86. The molecule has 1 aromatic carbocycles. The number of rotatable bonds is 3. The fourth-order valence-electron chi connectivity index (χ4n) is 1.73. The Morgan fingerprint density at radius 2 is 1.81 bits per heavy atom. The Hall–Kier alpha value is -1.77. The van der Waals surface area contributed by atoms with Gasteiger partial charge in [0, 0.05) is 19.5 Å². The van der Waals surface area contributed by atoms with E-state index in [0.717, 1.165) is 18.5 Å². The minimum atomic E-state index is 0.708. The third kappa shape index (κ3) is 2.24. The topological polar surface area (TPSA) is 43.8 Å². The molecule has 0 aliphatic heterocycles. The van der Waals surface area contributed by atoms with Crippen LogP contribution >= 0.6 is 0 Å². The maximum absolute atomic E-state index is 5.74. The van der Waals surface area contributed by atoms with E-state index in [1.165, 1.54) is 11.1 Å². The monoisotopic (exact) mass is 215 g/mol. The number of hydrogen-bond acceptors (Lipinski definition) is 2. The van der Waals surface area contributed by atoms with Crippen LogP contribution in [0.4, 0.5) is 5.82 Å². The van der Waals surface area contributed by atoms with E-state index in [1.54, 1.807) is 4.68 Å². The van der Waals surface area contributed by atoms with Crippen molar-refractivity contribution >= 4 is 5.82 Å². The molecule has 0 amide bonds. The quantitative estimate of drug-likeness (QED) is 0.852. The minimum Gasteiger partial charge on any atom is -0.384 e. The fraction of sp³-hybridized carbons (Fsp3) is 0.308. The fourth-order valence-corrected chi connectivity index (χ4v) is 1.73. The van der Waals surface area contributed by atoms with Gasteiger partial charge in [-0.15, -0.1) is 0 Å². The first-order valence-electron chi connectivity index (χ1n) is 5.55. The largest absolute Gasteiger partial charge is 0.384 e. The molecule has 0 fully saturated rings. The normalized spacial score (nSPS) is 10.6. The molecule has 0 unspecified atom stereocenters. The Kier molecular flexibility index (Phi) is 2.95. The number of nitrogen functional groups attached to an aromatic ring is 1. The highest BCUT2D eigenvalue weighted by Crippen LogP contribution is 2.12. The summed E-state index contributed by atoms with van der Waals surface area (Å²) >= 11 is 0. The average molecular weight is 215 g/mol. The third-order valence-electron chi connectivity index (χ3n) is 2.78. The van der Waals surface area contributed by atoms with Crippen LogP contribution in [0.15, 0.2) is 30.3 Å². The lowest BCUT2D eigenvalue weighted by Gasteiger charge is -2.00. The van der Waals surface area contributed by atoms with E-state index in [4.69, 9.17) is 5.73 Å². The van der Waals surface area contributed by atoms with Crippen LogP contribution in [-0.2, 0) is 19.9 Å². The smallest absolute Gasteiger partial charge is 0.121 e. The maximum atomic E-state index is 5.74. The first-order valence-corrected chi connectivity index (χ1v) is 5.55. The van der Waals surface area contributed by atoms with Crippen LogP contribution < -0.4 is 5.73 Å². The van der Waals surface area contributed by atoms with Gasteiger partial charge in [-0.25, -0.2) is 0 Å². The van der Waals surface area contributed by atoms with Gasteiger partial charge in [-0.05, 0) is 17.5 Å². The van der Waals surface area contributed by atoms with Gasteiger partial charge in [0.2, 0.25) is 0 Å². The summed E-state index contributed by atoms with van der Waals surface area (Å²) in [6.07, 6.45) is 1.92. The molecule has 16 heavy (non-hydrogen) atoms.